The summed E-state index contributed by atoms with van der Waals surface area (Å²) in [4.78, 5) is 13.1. The quantitative estimate of drug-likeness (QED) is 0.398. The summed E-state index contributed by atoms with van der Waals surface area (Å²) in [6.07, 6.45) is -5.24. The van der Waals surface area contributed by atoms with E-state index in [1.165, 1.54) is 43.9 Å². The van der Waals surface area contributed by atoms with Crippen LogP contribution in [0.15, 0.2) is 29.6 Å². The number of ketones is 1. The molecule has 4 N–H and O–H groups in total. The number of carbonyl (C=O) groups excluding carboxylic acids is 1. The van der Waals surface area contributed by atoms with E-state index in [-0.39, 0.29) is 27.7 Å². The summed E-state index contributed by atoms with van der Waals surface area (Å²) in [6, 6.07) is 3.96. The summed E-state index contributed by atoms with van der Waals surface area (Å²) in [7, 11) is 2.50. The number of benzene rings is 1. The Morgan fingerprint density at radius 3 is 2.33 bits per heavy atom. The number of thiophene rings is 1. The number of nitrogens with one attached hydrogen (secondary N) is 2. The Hall–Kier alpha value is -2.57. The van der Waals surface area contributed by atoms with Gasteiger partial charge in [-0.25, -0.2) is 0 Å². The zero-order valence-corrected chi connectivity index (χ0v) is 17.2. The Kier molecular flexibility index (Phi) is 5.85. The van der Waals surface area contributed by atoms with Gasteiger partial charge in [0.15, 0.2) is 22.4 Å². The maximum absolute atomic E-state index is 14.0. The van der Waals surface area contributed by atoms with E-state index in [1.54, 1.807) is 0 Å². The molecule has 2 aromatic rings. The number of alkyl halides is 3. The molecule has 0 amide bonds. The van der Waals surface area contributed by atoms with Crippen LogP contribution in [0.1, 0.15) is 21.3 Å². The molecule has 162 valence electrons. The zero-order chi connectivity index (χ0) is 22.3. The van der Waals surface area contributed by atoms with Crippen molar-refractivity contribution in [3.05, 3.63) is 40.1 Å². The van der Waals surface area contributed by atoms with Gasteiger partial charge in [0.25, 0.3) is 0 Å². The van der Waals surface area contributed by atoms with Gasteiger partial charge in [0.2, 0.25) is 11.5 Å². The van der Waals surface area contributed by atoms with Crippen LogP contribution in [0.25, 0.3) is 0 Å². The lowest BCUT2D eigenvalue weighted by Crippen LogP contribution is -2.72. The molecular formula is C18H17F3N2O5S2. The molecule has 1 aromatic heterocycles. The van der Waals surface area contributed by atoms with E-state index in [1.807, 2.05) is 5.32 Å². The van der Waals surface area contributed by atoms with Crippen molar-refractivity contribution in [3.63, 3.8) is 0 Å². The number of ether oxygens (including phenoxy) is 2. The highest BCUT2D eigenvalue weighted by atomic mass is 32.1. The summed E-state index contributed by atoms with van der Waals surface area (Å²) < 4.78 is 52.0. The molecule has 0 unspecified atom stereocenters. The van der Waals surface area contributed by atoms with Crippen molar-refractivity contribution in [3.8, 4) is 17.2 Å². The second-order valence-electron chi connectivity index (χ2n) is 6.43. The van der Waals surface area contributed by atoms with Crippen LogP contribution >= 0.6 is 23.6 Å². The van der Waals surface area contributed by atoms with Crippen molar-refractivity contribution < 1.29 is 37.7 Å². The zero-order valence-electron chi connectivity index (χ0n) is 15.6. The fraction of sp³-hybridized carbons (Fsp3) is 0.333. The first-order chi connectivity index (χ1) is 14.0. The van der Waals surface area contributed by atoms with Gasteiger partial charge >= 0.3 is 6.18 Å². The van der Waals surface area contributed by atoms with Crippen molar-refractivity contribution in [2.75, 3.05) is 14.2 Å². The molecule has 2 heterocycles. The fourth-order valence-corrected chi connectivity index (χ4v) is 4.27. The van der Waals surface area contributed by atoms with Crippen molar-refractivity contribution in [2.45, 2.75) is 17.9 Å². The molecule has 0 saturated carbocycles. The largest absolute Gasteiger partial charge is 0.502 e. The van der Waals surface area contributed by atoms with Gasteiger partial charge in [0, 0.05) is 0 Å². The number of aromatic hydroxyl groups is 1. The molecule has 12 heteroatoms. The molecule has 0 bridgehead atoms. The van der Waals surface area contributed by atoms with Crippen LogP contribution in [0.2, 0.25) is 0 Å². The third kappa shape index (κ3) is 3.66. The molecule has 0 radical (unpaired) electrons. The van der Waals surface area contributed by atoms with E-state index in [9.17, 15) is 28.2 Å². The first-order valence-electron chi connectivity index (χ1n) is 8.44. The number of rotatable bonds is 5. The van der Waals surface area contributed by atoms with Gasteiger partial charge in [-0.2, -0.15) is 13.2 Å². The monoisotopic (exact) mass is 462 g/mol. The lowest BCUT2D eigenvalue weighted by Gasteiger charge is -2.46. The van der Waals surface area contributed by atoms with Gasteiger partial charge < -0.3 is 30.3 Å². The fourth-order valence-electron chi connectivity index (χ4n) is 3.28. The Labute approximate surface area is 178 Å². The SMILES string of the molecule is COc1cc([C@H]2NC(=S)N[C@](O)(C(F)(F)F)[C@@H]2C(=O)c2cccs2)cc(OC)c1O. The van der Waals surface area contributed by atoms with Crippen molar-refractivity contribution in [1.82, 2.24) is 10.6 Å². The molecule has 1 saturated heterocycles. The van der Waals surface area contributed by atoms with Crippen molar-refractivity contribution in [2.24, 2.45) is 5.92 Å². The van der Waals surface area contributed by atoms with E-state index in [0.29, 0.717) is 0 Å². The predicted octanol–water partition coefficient (Wildman–Crippen LogP) is 2.74. The summed E-state index contributed by atoms with van der Waals surface area (Å²) >= 11 is 5.83. The number of halogens is 3. The summed E-state index contributed by atoms with van der Waals surface area (Å²) in [5, 5.41) is 26.3. The van der Waals surface area contributed by atoms with Crippen LogP contribution in [0.3, 0.4) is 0 Å². The van der Waals surface area contributed by atoms with Gasteiger partial charge in [0.05, 0.1) is 25.1 Å². The number of phenolic OH excluding ortho intramolecular Hbond substituents is 1. The first-order valence-corrected chi connectivity index (χ1v) is 9.72. The normalized spacial score (nSPS) is 24.0. The van der Waals surface area contributed by atoms with E-state index in [2.05, 4.69) is 5.32 Å². The lowest BCUT2D eigenvalue weighted by atomic mass is 9.78. The molecule has 1 fully saturated rings. The van der Waals surface area contributed by atoms with E-state index >= 15 is 0 Å². The molecule has 7 nitrogen and oxygen atoms in total. The molecule has 1 aliphatic heterocycles. The van der Waals surface area contributed by atoms with Crippen LogP contribution in [0, 0.1) is 5.92 Å². The van der Waals surface area contributed by atoms with Gasteiger partial charge in [-0.3, -0.25) is 4.79 Å². The van der Waals surface area contributed by atoms with E-state index in [4.69, 9.17) is 21.7 Å². The Balaban J connectivity index is 2.22. The molecular weight excluding hydrogens is 445 g/mol. The molecule has 3 rings (SSSR count). The van der Waals surface area contributed by atoms with Crippen LogP contribution in [0.4, 0.5) is 13.2 Å². The van der Waals surface area contributed by atoms with Gasteiger partial charge in [-0.15, -0.1) is 11.3 Å². The van der Waals surface area contributed by atoms with E-state index < -0.39 is 34.8 Å². The van der Waals surface area contributed by atoms with Crippen molar-refractivity contribution in [1.29, 1.82) is 0 Å². The standard InChI is InChI=1S/C18H17F3N2O5S2/c1-27-9-6-8(7-10(28-2)14(9)24)13-12(15(25)11-4-3-5-30-11)17(26,18(19,20)21)23-16(29)22-13/h3-7,12-13,24,26H,1-2H3,(H2,22,23,29)/t12-,13+,17+/m0/s1. The third-order valence-electron chi connectivity index (χ3n) is 4.71. The molecule has 1 aromatic carbocycles. The molecule has 0 spiro atoms. The highest BCUT2D eigenvalue weighted by Crippen LogP contribution is 2.47. The topological polar surface area (TPSA) is 100 Å². The highest BCUT2D eigenvalue weighted by Gasteiger charge is 2.66. The number of thiocarbonyl (C=S) groups is 1. The summed E-state index contributed by atoms with van der Waals surface area (Å²) in [5.41, 5.74) is -3.55. The Morgan fingerprint density at radius 2 is 1.87 bits per heavy atom. The maximum atomic E-state index is 14.0. The number of Topliss-reactive ketones (excluding diaryl/α,β-unsaturated/α-hetero) is 1. The lowest BCUT2D eigenvalue weighted by molar-refractivity contribution is -0.285. The van der Waals surface area contributed by atoms with Crippen LogP contribution in [-0.4, -0.2) is 47.2 Å². The minimum atomic E-state index is -5.24. The average molecular weight is 462 g/mol. The highest BCUT2D eigenvalue weighted by molar-refractivity contribution is 7.80. The molecule has 1 aliphatic rings. The van der Waals surface area contributed by atoms with Crippen LogP contribution < -0.4 is 20.1 Å². The first kappa shape index (κ1) is 22.1. The number of carbonyl (C=O) groups is 1. The summed E-state index contributed by atoms with van der Waals surface area (Å²) in [5.74, 6) is -3.54. The number of phenols is 1. The minimum absolute atomic E-state index is 0.0294. The Morgan fingerprint density at radius 1 is 1.27 bits per heavy atom. The second-order valence-corrected chi connectivity index (χ2v) is 7.79. The Bertz CT molecular complexity index is 942. The third-order valence-corrected chi connectivity index (χ3v) is 5.82. The van der Waals surface area contributed by atoms with Crippen LogP contribution in [0.5, 0.6) is 17.2 Å². The number of hydrogen-bond acceptors (Lipinski definition) is 7. The van der Waals surface area contributed by atoms with Crippen molar-refractivity contribution >= 4 is 34.5 Å². The number of methoxy groups -OCH3 is 2. The molecule has 30 heavy (non-hydrogen) atoms. The average Bonchev–Trinajstić information content (AvgIpc) is 3.21. The van der Waals surface area contributed by atoms with Crippen LogP contribution in [-0.2, 0) is 0 Å². The smallest absolute Gasteiger partial charge is 0.437 e. The molecule has 0 aliphatic carbocycles. The van der Waals surface area contributed by atoms with E-state index in [0.717, 1.165) is 11.3 Å². The maximum Gasteiger partial charge on any atom is 0.437 e. The van der Waals surface area contributed by atoms with Gasteiger partial charge in [-0.05, 0) is 41.4 Å². The number of aliphatic hydroxyl groups is 1. The minimum Gasteiger partial charge on any atom is -0.502 e. The predicted molar refractivity (Wildman–Crippen MR) is 106 cm³/mol. The second kappa shape index (κ2) is 7.93. The molecule has 3 atom stereocenters. The summed E-state index contributed by atoms with van der Waals surface area (Å²) in [6.45, 7) is 0. The van der Waals surface area contributed by atoms with Gasteiger partial charge in [-0.1, -0.05) is 6.07 Å². The van der Waals surface area contributed by atoms with Gasteiger partial charge in [0.1, 0.15) is 5.92 Å². The number of hydrogen-bond donors (Lipinski definition) is 4.